The van der Waals surface area contributed by atoms with Crippen LogP contribution < -0.4 is 10.5 Å². The van der Waals surface area contributed by atoms with Crippen molar-refractivity contribution in [3.63, 3.8) is 0 Å². The van der Waals surface area contributed by atoms with Gasteiger partial charge in [-0.25, -0.2) is 8.78 Å². The van der Waals surface area contributed by atoms with Crippen LogP contribution in [0.15, 0.2) is 12.1 Å². The van der Waals surface area contributed by atoms with Crippen molar-refractivity contribution in [2.45, 2.75) is 12.5 Å². The molecule has 0 spiro atoms. The minimum absolute atomic E-state index is 0.148. The van der Waals surface area contributed by atoms with Crippen molar-refractivity contribution >= 4 is 11.7 Å². The number of carboxylic acid groups (broad SMARTS) is 1. The highest BCUT2D eigenvalue weighted by Gasteiger charge is 2.34. The molecule has 0 saturated carbocycles. The zero-order chi connectivity index (χ0) is 15.0. The smallest absolute Gasteiger partial charge is 0.310 e. The molecule has 3 rings (SSSR count). The number of aliphatic carboxylic acids is 1. The molecule has 0 aliphatic carbocycles. The van der Waals surface area contributed by atoms with Crippen LogP contribution >= 0.6 is 0 Å². The molecule has 0 amide bonds. The van der Waals surface area contributed by atoms with Gasteiger partial charge in [-0.1, -0.05) is 5.64 Å². The molecule has 2 aliphatic rings. The number of carbonyl (C=O) groups is 1. The van der Waals surface area contributed by atoms with E-state index in [1.165, 1.54) is 12.1 Å². The molecule has 0 unspecified atom stereocenters. The number of nitrogens with one attached hydrogen (secondary N) is 1. The van der Waals surface area contributed by atoms with Crippen molar-refractivity contribution in [2.24, 2.45) is 5.92 Å². The van der Waals surface area contributed by atoms with Gasteiger partial charge in [0.1, 0.15) is 17.7 Å². The summed E-state index contributed by atoms with van der Waals surface area (Å²) in [4.78, 5) is 22.1. The summed E-state index contributed by atoms with van der Waals surface area (Å²) in [5, 5.41) is 8.81. The fraction of sp³-hybridized carbons (Fsp3) is 0.462. The number of benzene rings is 1. The highest BCUT2D eigenvalue weighted by atomic mass is 19.1. The number of anilines is 1. The third-order valence-electron chi connectivity index (χ3n) is 3.71. The van der Waals surface area contributed by atoms with Gasteiger partial charge in [0, 0.05) is 25.2 Å². The molecule has 1 aromatic carbocycles. The molecule has 114 valence electrons. The fourth-order valence-electron chi connectivity index (χ4n) is 2.47. The Bertz CT molecular complexity index is 534. The molecule has 2 aliphatic heterocycles. The lowest BCUT2D eigenvalue weighted by atomic mass is 9.98. The third-order valence-corrected chi connectivity index (χ3v) is 3.71. The summed E-state index contributed by atoms with van der Waals surface area (Å²) in [6, 6.07) is 2.41. The maximum absolute atomic E-state index is 14.1. The molecule has 2 saturated heterocycles. The van der Waals surface area contributed by atoms with Crippen molar-refractivity contribution in [1.29, 1.82) is 0 Å². The summed E-state index contributed by atoms with van der Waals surface area (Å²) >= 11 is 0. The molecule has 1 aromatic rings. The Hall–Kier alpha value is -1.77. The predicted molar refractivity (Wildman–Crippen MR) is 67.2 cm³/mol. The largest absolute Gasteiger partial charge is 0.481 e. The van der Waals surface area contributed by atoms with Gasteiger partial charge < -0.3 is 10.0 Å². The zero-order valence-electron chi connectivity index (χ0n) is 11.0. The summed E-state index contributed by atoms with van der Waals surface area (Å²) in [5.41, 5.74) is 2.35. The normalized spacial score (nSPS) is 23.0. The lowest BCUT2D eigenvalue weighted by molar-refractivity contribution is -0.242. The van der Waals surface area contributed by atoms with Gasteiger partial charge in [-0.3, -0.25) is 14.5 Å². The van der Waals surface area contributed by atoms with Crippen LogP contribution in [0.2, 0.25) is 0 Å². The van der Waals surface area contributed by atoms with Crippen LogP contribution in [0.4, 0.5) is 14.5 Å². The molecule has 8 heteroatoms. The van der Waals surface area contributed by atoms with E-state index in [-0.39, 0.29) is 25.3 Å². The average molecular weight is 300 g/mol. The topological polar surface area (TPSA) is 71.0 Å². The predicted octanol–water partition coefficient (Wildman–Crippen LogP) is 1.38. The Kier molecular flexibility index (Phi) is 3.75. The monoisotopic (exact) mass is 300 g/mol. The highest BCUT2D eigenvalue weighted by Crippen LogP contribution is 2.33. The van der Waals surface area contributed by atoms with Crippen molar-refractivity contribution in [3.05, 3.63) is 29.3 Å². The first-order valence-corrected chi connectivity index (χ1v) is 6.55. The van der Waals surface area contributed by atoms with Crippen LogP contribution in [0.5, 0.6) is 0 Å². The van der Waals surface area contributed by atoms with Crippen molar-refractivity contribution < 1.29 is 28.4 Å². The average Bonchev–Trinajstić information content (AvgIpc) is 2.37. The molecule has 2 fully saturated rings. The molecule has 0 radical (unpaired) electrons. The minimum Gasteiger partial charge on any atom is -0.481 e. The highest BCUT2D eigenvalue weighted by molar-refractivity contribution is 5.74. The van der Waals surface area contributed by atoms with Gasteiger partial charge in [-0.15, -0.1) is 0 Å². The number of carboxylic acids is 1. The van der Waals surface area contributed by atoms with Gasteiger partial charge in [-0.05, 0) is 12.1 Å². The first-order valence-electron chi connectivity index (χ1n) is 6.55. The molecule has 2 heterocycles. The van der Waals surface area contributed by atoms with Crippen LogP contribution in [-0.4, -0.2) is 30.8 Å². The lowest BCUT2D eigenvalue weighted by Gasteiger charge is -2.38. The van der Waals surface area contributed by atoms with E-state index in [2.05, 4.69) is 5.64 Å². The maximum atomic E-state index is 14.1. The van der Waals surface area contributed by atoms with Gasteiger partial charge in [-0.2, -0.15) is 0 Å². The first kappa shape index (κ1) is 14.2. The summed E-state index contributed by atoms with van der Waals surface area (Å²) < 4.78 is 28.3. The molecule has 1 atom stereocenters. The first-order chi connectivity index (χ1) is 10.1. The minimum atomic E-state index is -0.898. The number of nitrogens with zero attached hydrogens (tertiary/aromatic N) is 1. The van der Waals surface area contributed by atoms with E-state index in [1.54, 1.807) is 4.90 Å². The Balaban J connectivity index is 1.78. The Morgan fingerprint density at radius 2 is 2.00 bits per heavy atom. The van der Waals surface area contributed by atoms with E-state index < -0.39 is 29.6 Å². The van der Waals surface area contributed by atoms with Crippen LogP contribution in [0.3, 0.4) is 0 Å². The summed E-state index contributed by atoms with van der Waals surface area (Å²) in [6.07, 6.45) is -0.415. The van der Waals surface area contributed by atoms with Crippen molar-refractivity contribution in [2.75, 3.05) is 24.6 Å². The molecule has 0 bridgehead atoms. The van der Waals surface area contributed by atoms with E-state index in [9.17, 15) is 13.6 Å². The molecule has 2 N–H and O–H groups in total. The SMILES string of the molecule is O=C(O)C1CN(c2cc(F)c([C@H]3CCONO3)c(F)c2)C1. The number of halogens is 2. The Labute approximate surface area is 119 Å². The quantitative estimate of drug-likeness (QED) is 0.879. The summed E-state index contributed by atoms with van der Waals surface area (Å²) in [7, 11) is 0. The Morgan fingerprint density at radius 3 is 2.52 bits per heavy atom. The zero-order valence-corrected chi connectivity index (χ0v) is 11.0. The second kappa shape index (κ2) is 5.55. The number of hydrogen-bond donors (Lipinski definition) is 2. The van der Waals surface area contributed by atoms with Crippen molar-refractivity contribution in [1.82, 2.24) is 5.64 Å². The van der Waals surface area contributed by atoms with Crippen LogP contribution in [0.25, 0.3) is 0 Å². The number of hydrogen-bond acceptors (Lipinski definition) is 5. The van der Waals surface area contributed by atoms with E-state index in [4.69, 9.17) is 14.8 Å². The van der Waals surface area contributed by atoms with Crippen LogP contribution in [-0.2, 0) is 14.5 Å². The summed E-state index contributed by atoms with van der Waals surface area (Å²) in [6.45, 7) is 0.795. The fourth-order valence-corrected chi connectivity index (χ4v) is 2.47. The molecular formula is C13H14F2N2O4. The Morgan fingerprint density at radius 1 is 1.33 bits per heavy atom. The van der Waals surface area contributed by atoms with E-state index in [0.29, 0.717) is 12.1 Å². The second-order valence-electron chi connectivity index (χ2n) is 5.09. The molecule has 21 heavy (non-hydrogen) atoms. The molecule has 0 aromatic heterocycles. The van der Waals surface area contributed by atoms with Gasteiger partial charge >= 0.3 is 5.97 Å². The van der Waals surface area contributed by atoms with Gasteiger partial charge in [0.25, 0.3) is 0 Å². The standard InChI is InChI=1S/C13H14F2N2O4/c14-9-3-8(17-5-7(6-17)13(18)19)4-10(15)12(9)11-1-2-20-16-21-11/h3-4,7,11,16H,1-2,5-6H2,(H,18,19)/t11-/m1/s1. The van der Waals surface area contributed by atoms with Crippen LogP contribution in [0, 0.1) is 17.6 Å². The second-order valence-corrected chi connectivity index (χ2v) is 5.09. The number of rotatable bonds is 3. The third kappa shape index (κ3) is 2.69. The molecule has 6 nitrogen and oxygen atoms in total. The summed E-state index contributed by atoms with van der Waals surface area (Å²) in [5.74, 6) is -2.81. The van der Waals surface area contributed by atoms with E-state index in [1.807, 2.05) is 0 Å². The maximum Gasteiger partial charge on any atom is 0.310 e. The molecular weight excluding hydrogens is 286 g/mol. The van der Waals surface area contributed by atoms with Crippen LogP contribution in [0.1, 0.15) is 18.1 Å². The van der Waals surface area contributed by atoms with E-state index in [0.717, 1.165) is 0 Å². The van der Waals surface area contributed by atoms with Crippen molar-refractivity contribution in [3.8, 4) is 0 Å². The van der Waals surface area contributed by atoms with Gasteiger partial charge in [0.15, 0.2) is 0 Å². The lowest BCUT2D eigenvalue weighted by Crippen LogP contribution is -2.50. The van der Waals surface area contributed by atoms with Gasteiger partial charge in [0.05, 0.1) is 18.1 Å². The van der Waals surface area contributed by atoms with Gasteiger partial charge in [0.2, 0.25) is 0 Å². The van der Waals surface area contributed by atoms with E-state index >= 15 is 0 Å².